The van der Waals surface area contributed by atoms with Crippen LogP contribution in [0.3, 0.4) is 0 Å². The topological polar surface area (TPSA) is 21.7 Å². The largest absolute Gasteiger partial charge is 0.493 e. The number of likely N-dealkylation sites (N-methyl/N-ethyl adjacent to an activating group) is 1. The standard InChI is InChI=1S/C26H29NO2/c1-27-18-21(14-19-10-6-4-7-11-19)22-16-25(28-2)26(29-3)17-23(22)24(27)15-20-12-8-5-9-13-20/h4-13,16-17,21,24H,14-15,18H2,1-3H3. The van der Waals surface area contributed by atoms with E-state index in [0.29, 0.717) is 12.0 Å². The highest BCUT2D eigenvalue weighted by Crippen LogP contribution is 2.43. The summed E-state index contributed by atoms with van der Waals surface area (Å²) in [6.45, 7) is 1.02. The Morgan fingerprint density at radius 3 is 1.83 bits per heavy atom. The minimum atomic E-state index is 0.319. The average molecular weight is 388 g/mol. The van der Waals surface area contributed by atoms with Crippen LogP contribution in [0, 0.1) is 0 Å². The summed E-state index contributed by atoms with van der Waals surface area (Å²) >= 11 is 0. The summed E-state index contributed by atoms with van der Waals surface area (Å²) in [5.74, 6) is 2.04. The van der Waals surface area contributed by atoms with E-state index in [4.69, 9.17) is 9.47 Å². The molecule has 2 unspecified atom stereocenters. The molecule has 0 saturated heterocycles. The first-order valence-electron chi connectivity index (χ1n) is 10.2. The van der Waals surface area contributed by atoms with Gasteiger partial charge in [-0.25, -0.2) is 0 Å². The van der Waals surface area contributed by atoms with Crippen LogP contribution in [0.4, 0.5) is 0 Å². The van der Waals surface area contributed by atoms with Gasteiger partial charge in [-0.3, -0.25) is 4.90 Å². The number of fused-ring (bicyclic) bond motifs is 1. The zero-order valence-corrected chi connectivity index (χ0v) is 17.5. The molecule has 0 aliphatic carbocycles. The molecule has 0 spiro atoms. The Labute approximate surface area is 173 Å². The lowest BCUT2D eigenvalue weighted by Crippen LogP contribution is -2.37. The van der Waals surface area contributed by atoms with Crippen LogP contribution in [0.5, 0.6) is 11.5 Å². The number of hydrogen-bond donors (Lipinski definition) is 0. The van der Waals surface area contributed by atoms with Gasteiger partial charge in [-0.15, -0.1) is 0 Å². The quantitative estimate of drug-likeness (QED) is 0.576. The Balaban J connectivity index is 1.75. The maximum Gasteiger partial charge on any atom is 0.161 e. The number of methoxy groups -OCH3 is 2. The maximum atomic E-state index is 5.65. The number of rotatable bonds is 6. The van der Waals surface area contributed by atoms with Gasteiger partial charge >= 0.3 is 0 Å². The summed E-state index contributed by atoms with van der Waals surface area (Å²) < 4.78 is 11.3. The number of ether oxygens (including phenoxy) is 2. The minimum Gasteiger partial charge on any atom is -0.493 e. The lowest BCUT2D eigenvalue weighted by Gasteiger charge is -2.40. The highest BCUT2D eigenvalue weighted by Gasteiger charge is 2.32. The summed E-state index contributed by atoms with van der Waals surface area (Å²) in [7, 11) is 5.67. The van der Waals surface area contributed by atoms with Crippen LogP contribution >= 0.6 is 0 Å². The summed E-state index contributed by atoms with van der Waals surface area (Å²) in [5, 5.41) is 0. The molecule has 1 aliphatic heterocycles. The molecular weight excluding hydrogens is 358 g/mol. The Kier molecular flexibility index (Phi) is 5.86. The number of nitrogens with zero attached hydrogens (tertiary/aromatic N) is 1. The SMILES string of the molecule is COc1cc2c(cc1OC)C(Cc1ccccc1)N(C)CC2Cc1ccccc1. The maximum absolute atomic E-state index is 5.65. The molecule has 2 atom stereocenters. The Morgan fingerprint density at radius 2 is 1.28 bits per heavy atom. The molecule has 0 radical (unpaired) electrons. The van der Waals surface area contributed by atoms with E-state index in [1.165, 1.54) is 22.3 Å². The normalized spacial score (nSPS) is 18.9. The third kappa shape index (κ3) is 4.15. The number of hydrogen-bond acceptors (Lipinski definition) is 3. The van der Waals surface area contributed by atoms with Crippen molar-refractivity contribution < 1.29 is 9.47 Å². The van der Waals surface area contributed by atoms with Gasteiger partial charge in [0.05, 0.1) is 14.2 Å². The lowest BCUT2D eigenvalue weighted by atomic mass is 9.80. The fourth-order valence-electron chi connectivity index (χ4n) is 4.54. The summed E-state index contributed by atoms with van der Waals surface area (Å²) in [4.78, 5) is 2.49. The van der Waals surface area contributed by atoms with Gasteiger partial charge in [-0.05, 0) is 54.3 Å². The van der Waals surface area contributed by atoms with E-state index in [1.807, 2.05) is 0 Å². The van der Waals surface area contributed by atoms with Gasteiger partial charge in [0.1, 0.15) is 0 Å². The molecule has 150 valence electrons. The van der Waals surface area contributed by atoms with E-state index < -0.39 is 0 Å². The van der Waals surface area contributed by atoms with Crippen LogP contribution in [-0.4, -0.2) is 32.7 Å². The van der Waals surface area contributed by atoms with Crippen molar-refractivity contribution in [2.45, 2.75) is 24.8 Å². The van der Waals surface area contributed by atoms with Gasteiger partial charge in [0.2, 0.25) is 0 Å². The van der Waals surface area contributed by atoms with E-state index in [-0.39, 0.29) is 0 Å². The molecule has 0 aromatic heterocycles. The first kappa shape index (κ1) is 19.5. The van der Waals surface area contributed by atoms with Gasteiger partial charge < -0.3 is 9.47 Å². The van der Waals surface area contributed by atoms with Crippen molar-refractivity contribution in [2.75, 3.05) is 27.8 Å². The van der Waals surface area contributed by atoms with Crippen LogP contribution in [0.25, 0.3) is 0 Å². The molecule has 29 heavy (non-hydrogen) atoms. The second kappa shape index (κ2) is 8.71. The molecule has 0 saturated carbocycles. The molecular formula is C26H29NO2. The average Bonchev–Trinajstić information content (AvgIpc) is 2.77. The molecule has 4 rings (SSSR count). The second-order valence-electron chi connectivity index (χ2n) is 7.87. The van der Waals surface area contributed by atoms with Gasteiger partial charge in [-0.1, -0.05) is 60.7 Å². The Hall–Kier alpha value is -2.78. The van der Waals surface area contributed by atoms with E-state index in [2.05, 4.69) is 84.7 Å². The van der Waals surface area contributed by atoms with Crippen LogP contribution in [0.15, 0.2) is 72.8 Å². The van der Waals surface area contributed by atoms with E-state index in [1.54, 1.807) is 14.2 Å². The highest BCUT2D eigenvalue weighted by atomic mass is 16.5. The first-order valence-corrected chi connectivity index (χ1v) is 10.2. The lowest BCUT2D eigenvalue weighted by molar-refractivity contribution is 0.205. The minimum absolute atomic E-state index is 0.319. The number of benzene rings is 3. The molecule has 0 fully saturated rings. The van der Waals surface area contributed by atoms with Crippen molar-refractivity contribution in [2.24, 2.45) is 0 Å². The van der Waals surface area contributed by atoms with Crippen molar-refractivity contribution in [3.05, 3.63) is 95.1 Å². The van der Waals surface area contributed by atoms with Gasteiger partial charge in [0.25, 0.3) is 0 Å². The highest BCUT2D eigenvalue weighted by molar-refractivity contribution is 5.51. The third-order valence-corrected chi connectivity index (χ3v) is 6.03. The molecule has 3 heteroatoms. The molecule has 3 aromatic rings. The molecule has 0 bridgehead atoms. The first-order chi connectivity index (χ1) is 14.2. The fraction of sp³-hybridized carbons (Fsp3) is 0.308. The smallest absolute Gasteiger partial charge is 0.161 e. The zero-order chi connectivity index (χ0) is 20.2. The summed E-state index contributed by atoms with van der Waals surface area (Å²) in [5.41, 5.74) is 5.45. The zero-order valence-electron chi connectivity index (χ0n) is 17.5. The van der Waals surface area contributed by atoms with Crippen LogP contribution < -0.4 is 9.47 Å². The predicted molar refractivity (Wildman–Crippen MR) is 118 cm³/mol. The van der Waals surface area contributed by atoms with Crippen LogP contribution in [0.1, 0.15) is 34.2 Å². The van der Waals surface area contributed by atoms with Gasteiger partial charge in [-0.2, -0.15) is 0 Å². The molecule has 0 amide bonds. The van der Waals surface area contributed by atoms with Crippen molar-refractivity contribution in [3.63, 3.8) is 0 Å². The van der Waals surface area contributed by atoms with Crippen molar-refractivity contribution >= 4 is 0 Å². The summed E-state index contributed by atoms with van der Waals surface area (Å²) in [6.07, 6.45) is 2.00. The monoisotopic (exact) mass is 387 g/mol. The second-order valence-corrected chi connectivity index (χ2v) is 7.87. The third-order valence-electron chi connectivity index (χ3n) is 6.03. The Bertz CT molecular complexity index is 940. The molecule has 3 aromatic carbocycles. The molecule has 0 N–H and O–H groups in total. The van der Waals surface area contributed by atoms with Crippen molar-refractivity contribution in [1.82, 2.24) is 4.90 Å². The fourth-order valence-corrected chi connectivity index (χ4v) is 4.54. The molecule has 1 aliphatic rings. The molecule has 1 heterocycles. The van der Waals surface area contributed by atoms with Crippen molar-refractivity contribution in [1.29, 1.82) is 0 Å². The van der Waals surface area contributed by atoms with Gasteiger partial charge in [0, 0.05) is 18.5 Å². The van der Waals surface area contributed by atoms with Crippen molar-refractivity contribution in [3.8, 4) is 11.5 Å². The van der Waals surface area contributed by atoms with E-state index in [0.717, 1.165) is 30.9 Å². The molecule has 3 nitrogen and oxygen atoms in total. The van der Waals surface area contributed by atoms with Crippen LogP contribution in [-0.2, 0) is 12.8 Å². The predicted octanol–water partition coefficient (Wildman–Crippen LogP) is 5.26. The van der Waals surface area contributed by atoms with Crippen LogP contribution in [0.2, 0.25) is 0 Å². The van der Waals surface area contributed by atoms with E-state index in [9.17, 15) is 0 Å². The van der Waals surface area contributed by atoms with Gasteiger partial charge in [0.15, 0.2) is 11.5 Å². The van der Waals surface area contributed by atoms with E-state index >= 15 is 0 Å². The summed E-state index contributed by atoms with van der Waals surface area (Å²) in [6, 6.07) is 26.2. The Morgan fingerprint density at radius 1 is 0.759 bits per heavy atom.